The van der Waals surface area contributed by atoms with Gasteiger partial charge in [-0.2, -0.15) is 0 Å². The Balaban J connectivity index is 2.52. The van der Waals surface area contributed by atoms with Crippen molar-refractivity contribution in [2.75, 3.05) is 0 Å². The van der Waals surface area contributed by atoms with Gasteiger partial charge in [0.25, 0.3) is 0 Å². The highest BCUT2D eigenvalue weighted by Crippen LogP contribution is 2.16. The van der Waals surface area contributed by atoms with Crippen LogP contribution in [0.15, 0.2) is 42.5 Å². The van der Waals surface area contributed by atoms with E-state index < -0.39 is 0 Å². The first kappa shape index (κ1) is 13.0. The molecule has 0 aliphatic carbocycles. The van der Waals surface area contributed by atoms with Crippen LogP contribution in [-0.2, 0) is 9.53 Å². The molecule has 0 radical (unpaired) electrons. The molecule has 3 heteroatoms. The first-order valence-electron chi connectivity index (χ1n) is 5.17. The van der Waals surface area contributed by atoms with Gasteiger partial charge in [-0.05, 0) is 19.4 Å². The van der Waals surface area contributed by atoms with Crippen LogP contribution in [0.25, 0.3) is 0 Å². The molecule has 0 fully saturated rings. The van der Waals surface area contributed by atoms with Crippen LogP contribution < -0.4 is 0 Å². The number of esters is 1. The number of rotatable bonds is 4. The molecule has 0 aliphatic heterocycles. The monoisotopic (exact) mass is 282 g/mol. The maximum absolute atomic E-state index is 11.4. The Hall–Kier alpha value is -1.09. The van der Waals surface area contributed by atoms with E-state index in [4.69, 9.17) is 4.74 Å². The van der Waals surface area contributed by atoms with Gasteiger partial charge in [0.2, 0.25) is 0 Å². The van der Waals surface area contributed by atoms with Gasteiger partial charge in [0.05, 0.1) is 0 Å². The van der Waals surface area contributed by atoms with Crippen molar-refractivity contribution in [3.05, 3.63) is 48.0 Å². The van der Waals surface area contributed by atoms with Crippen LogP contribution in [0, 0.1) is 0 Å². The molecule has 0 saturated heterocycles. The van der Waals surface area contributed by atoms with Crippen molar-refractivity contribution >= 4 is 21.9 Å². The fourth-order valence-corrected chi connectivity index (χ4v) is 1.37. The average molecular weight is 283 g/mol. The predicted octanol–water partition coefficient (Wildman–Crippen LogP) is 3.63. The van der Waals surface area contributed by atoms with E-state index in [1.807, 2.05) is 44.2 Å². The number of halogens is 1. The topological polar surface area (TPSA) is 26.3 Å². The first-order valence-corrected chi connectivity index (χ1v) is 6.09. The van der Waals surface area contributed by atoms with Crippen molar-refractivity contribution in [1.82, 2.24) is 0 Å². The van der Waals surface area contributed by atoms with E-state index in [0.717, 1.165) is 5.56 Å². The van der Waals surface area contributed by atoms with Crippen molar-refractivity contribution in [2.45, 2.75) is 24.8 Å². The van der Waals surface area contributed by atoms with E-state index in [0.29, 0.717) is 0 Å². The first-order chi connectivity index (χ1) is 7.59. The smallest absolute Gasteiger partial charge is 0.331 e. The third-order valence-corrected chi connectivity index (χ3v) is 2.36. The number of carbonyl (C=O) groups is 1. The van der Waals surface area contributed by atoms with Crippen molar-refractivity contribution < 1.29 is 9.53 Å². The molecular formula is C13H15BrO2. The summed E-state index contributed by atoms with van der Waals surface area (Å²) in [4.78, 5) is 11.6. The van der Waals surface area contributed by atoms with Crippen molar-refractivity contribution in [3.63, 3.8) is 0 Å². The Morgan fingerprint density at radius 1 is 1.31 bits per heavy atom. The lowest BCUT2D eigenvalue weighted by Crippen LogP contribution is -2.06. The molecule has 1 rings (SSSR count). The van der Waals surface area contributed by atoms with E-state index in [9.17, 15) is 4.79 Å². The highest BCUT2D eigenvalue weighted by atomic mass is 79.9. The molecule has 0 heterocycles. The molecule has 0 N–H and O–H groups in total. The van der Waals surface area contributed by atoms with Gasteiger partial charge in [-0.1, -0.05) is 52.3 Å². The normalized spacial score (nSPS) is 14.7. The van der Waals surface area contributed by atoms with Crippen LogP contribution in [-0.4, -0.2) is 10.8 Å². The number of benzene rings is 1. The van der Waals surface area contributed by atoms with E-state index in [-0.39, 0.29) is 16.9 Å². The van der Waals surface area contributed by atoms with Crippen molar-refractivity contribution in [3.8, 4) is 0 Å². The zero-order chi connectivity index (χ0) is 12.0. The number of allylic oxidation sites excluding steroid dienone is 1. The van der Waals surface area contributed by atoms with Gasteiger partial charge < -0.3 is 4.74 Å². The average Bonchev–Trinajstić information content (AvgIpc) is 2.27. The molecule has 2 atom stereocenters. The molecule has 0 amide bonds. The lowest BCUT2D eigenvalue weighted by molar-refractivity contribution is -0.142. The molecule has 86 valence electrons. The van der Waals surface area contributed by atoms with E-state index >= 15 is 0 Å². The summed E-state index contributed by atoms with van der Waals surface area (Å²) in [5, 5.41) is 0. The second-order valence-corrected chi connectivity index (χ2v) is 4.97. The van der Waals surface area contributed by atoms with E-state index in [1.54, 1.807) is 6.08 Å². The van der Waals surface area contributed by atoms with Crippen LogP contribution >= 0.6 is 15.9 Å². The molecule has 0 saturated carbocycles. The number of hydrogen-bond donors (Lipinski definition) is 0. The lowest BCUT2D eigenvalue weighted by Gasteiger charge is -2.11. The summed E-state index contributed by atoms with van der Waals surface area (Å²) in [5.74, 6) is -0.317. The van der Waals surface area contributed by atoms with Crippen molar-refractivity contribution in [2.24, 2.45) is 0 Å². The third-order valence-electron chi connectivity index (χ3n) is 2.06. The van der Waals surface area contributed by atoms with Crippen LogP contribution in [0.3, 0.4) is 0 Å². The van der Waals surface area contributed by atoms with Gasteiger partial charge in [-0.15, -0.1) is 0 Å². The summed E-state index contributed by atoms with van der Waals surface area (Å²) >= 11 is 3.32. The van der Waals surface area contributed by atoms with Gasteiger partial charge in [-0.3, -0.25) is 0 Å². The molecule has 0 bridgehead atoms. The quantitative estimate of drug-likeness (QED) is 0.479. The minimum Gasteiger partial charge on any atom is -0.455 e. The Bertz CT molecular complexity index is 357. The molecule has 1 unspecified atom stereocenters. The Morgan fingerprint density at radius 2 is 1.94 bits per heavy atom. The maximum Gasteiger partial charge on any atom is 0.331 e. The van der Waals surface area contributed by atoms with Gasteiger partial charge in [-0.25, -0.2) is 4.79 Å². The maximum atomic E-state index is 11.4. The number of ether oxygens (including phenoxy) is 1. The number of hydrogen-bond acceptors (Lipinski definition) is 2. The van der Waals surface area contributed by atoms with Gasteiger partial charge in [0, 0.05) is 10.9 Å². The Kier molecular flexibility index (Phi) is 5.26. The highest BCUT2D eigenvalue weighted by molar-refractivity contribution is 9.09. The van der Waals surface area contributed by atoms with Crippen molar-refractivity contribution in [1.29, 1.82) is 0 Å². The fraction of sp³-hybridized carbons (Fsp3) is 0.308. The summed E-state index contributed by atoms with van der Waals surface area (Å²) in [6.45, 7) is 3.79. The summed E-state index contributed by atoms with van der Waals surface area (Å²) in [6, 6.07) is 9.67. The highest BCUT2D eigenvalue weighted by Gasteiger charge is 2.08. The lowest BCUT2D eigenvalue weighted by atomic mass is 10.1. The molecule has 1 aromatic rings. The molecule has 1 aromatic carbocycles. The van der Waals surface area contributed by atoms with Crippen LogP contribution in [0.4, 0.5) is 0 Å². The molecule has 0 spiro atoms. The zero-order valence-electron chi connectivity index (χ0n) is 9.39. The number of carbonyl (C=O) groups excluding carboxylic acids is 1. The third kappa shape index (κ3) is 4.62. The largest absolute Gasteiger partial charge is 0.455 e. The second kappa shape index (κ2) is 6.48. The second-order valence-electron chi connectivity index (χ2n) is 3.53. The molecule has 2 nitrogen and oxygen atoms in total. The van der Waals surface area contributed by atoms with Crippen LogP contribution in [0.1, 0.15) is 25.5 Å². The predicted molar refractivity (Wildman–Crippen MR) is 68.5 cm³/mol. The summed E-state index contributed by atoms with van der Waals surface area (Å²) in [5.41, 5.74) is 0.996. The Labute approximate surface area is 104 Å². The fourth-order valence-electron chi connectivity index (χ4n) is 1.22. The molecule has 0 aliphatic rings. The Morgan fingerprint density at radius 3 is 2.50 bits per heavy atom. The van der Waals surface area contributed by atoms with Gasteiger partial charge in [0.15, 0.2) is 0 Å². The van der Waals surface area contributed by atoms with Gasteiger partial charge >= 0.3 is 5.97 Å². The SMILES string of the molecule is CC(Br)/C=C/C(=O)O[C@H](C)c1ccccc1. The standard InChI is InChI=1S/C13H15BrO2/c1-10(14)8-9-13(15)16-11(2)12-6-4-3-5-7-12/h3-11H,1-2H3/b9-8+/t10?,11-/m1/s1. The molecular weight excluding hydrogens is 268 g/mol. The minimum atomic E-state index is -0.317. The molecule has 16 heavy (non-hydrogen) atoms. The molecule has 0 aromatic heterocycles. The number of alkyl halides is 1. The van der Waals surface area contributed by atoms with Gasteiger partial charge in [0.1, 0.15) is 6.10 Å². The van der Waals surface area contributed by atoms with Crippen LogP contribution in [0.2, 0.25) is 0 Å². The summed E-state index contributed by atoms with van der Waals surface area (Å²) in [7, 11) is 0. The van der Waals surface area contributed by atoms with E-state index in [1.165, 1.54) is 6.08 Å². The minimum absolute atomic E-state index is 0.173. The zero-order valence-corrected chi connectivity index (χ0v) is 11.0. The van der Waals surface area contributed by atoms with Crippen LogP contribution in [0.5, 0.6) is 0 Å². The summed E-state index contributed by atoms with van der Waals surface area (Å²) < 4.78 is 5.24. The summed E-state index contributed by atoms with van der Waals surface area (Å²) in [6.07, 6.45) is 2.97. The van der Waals surface area contributed by atoms with E-state index in [2.05, 4.69) is 15.9 Å².